The Morgan fingerprint density at radius 1 is 0.536 bits per heavy atom. The summed E-state index contributed by atoms with van der Waals surface area (Å²) in [5.41, 5.74) is 0. The first-order valence-corrected chi connectivity index (χ1v) is 19.7. The number of esters is 2. The van der Waals surface area contributed by atoms with Crippen LogP contribution in [0.25, 0.3) is 0 Å². The minimum Gasteiger partial charge on any atom is -0.458 e. The second-order valence-electron chi connectivity index (χ2n) is 15.3. The molecule has 320 valence electrons. The summed E-state index contributed by atoms with van der Waals surface area (Å²) in [6.45, 7) is 12.3. The first-order chi connectivity index (χ1) is 27.0. The molecule has 0 amide bonds. The monoisotopic (exact) mass is 800 g/mol. The molecule has 0 aromatic rings. The molecular weight excluding hydrogens is 736 g/mol. The summed E-state index contributed by atoms with van der Waals surface area (Å²) in [6, 6.07) is 0. The van der Waals surface area contributed by atoms with Crippen LogP contribution in [0.5, 0.6) is 0 Å². The average molecular weight is 801 g/mol. The number of hydrogen-bond donors (Lipinski definition) is 0. The van der Waals surface area contributed by atoms with Crippen molar-refractivity contribution in [2.75, 3.05) is 55.9 Å². The van der Waals surface area contributed by atoms with Crippen LogP contribution in [-0.4, -0.2) is 166 Å². The van der Waals surface area contributed by atoms with Gasteiger partial charge < -0.3 is 66.3 Å². The zero-order chi connectivity index (χ0) is 40.5. The van der Waals surface area contributed by atoms with Crippen molar-refractivity contribution in [1.29, 1.82) is 0 Å². The highest BCUT2D eigenvalue weighted by atomic mass is 16.7. The van der Waals surface area contributed by atoms with E-state index in [0.29, 0.717) is 12.8 Å². The lowest BCUT2D eigenvalue weighted by molar-refractivity contribution is -0.309. The summed E-state index contributed by atoms with van der Waals surface area (Å²) in [7, 11) is 9.51. The van der Waals surface area contributed by atoms with Gasteiger partial charge in [-0.15, -0.1) is 0 Å². The molecule has 0 aliphatic carbocycles. The van der Waals surface area contributed by atoms with Gasteiger partial charge in [-0.2, -0.15) is 0 Å². The number of cyclic esters (lactones) is 2. The minimum absolute atomic E-state index is 0.0520. The number of methoxy groups -OCH3 is 6. The molecule has 0 saturated carbocycles. The highest BCUT2D eigenvalue weighted by Crippen LogP contribution is 2.38. The van der Waals surface area contributed by atoms with Crippen molar-refractivity contribution in [1.82, 2.24) is 0 Å². The van der Waals surface area contributed by atoms with Crippen LogP contribution in [0.3, 0.4) is 0 Å². The van der Waals surface area contributed by atoms with Crippen molar-refractivity contribution in [2.45, 2.75) is 150 Å². The normalized spacial score (nSPS) is 44.3. The van der Waals surface area contributed by atoms with E-state index in [1.807, 2.05) is 13.8 Å². The van der Waals surface area contributed by atoms with Gasteiger partial charge in [-0.25, -0.2) is 0 Å². The lowest BCUT2D eigenvalue weighted by atomic mass is 9.86. The van der Waals surface area contributed by atoms with Crippen molar-refractivity contribution in [3.05, 3.63) is 25.3 Å². The van der Waals surface area contributed by atoms with Gasteiger partial charge >= 0.3 is 11.9 Å². The van der Waals surface area contributed by atoms with Gasteiger partial charge in [-0.3, -0.25) is 9.59 Å². The summed E-state index contributed by atoms with van der Waals surface area (Å²) < 4.78 is 84.7. The third-order valence-electron chi connectivity index (χ3n) is 12.0. The van der Waals surface area contributed by atoms with E-state index in [9.17, 15) is 9.59 Å². The first kappa shape index (κ1) is 45.0. The van der Waals surface area contributed by atoms with E-state index in [-0.39, 0.29) is 62.9 Å². The molecule has 5 aliphatic heterocycles. The molecule has 16 heteroatoms. The van der Waals surface area contributed by atoms with E-state index in [1.165, 1.54) is 0 Å². The molecular formula is C40H64O16. The van der Waals surface area contributed by atoms with E-state index in [2.05, 4.69) is 13.2 Å². The third kappa shape index (κ3) is 10.8. The average Bonchev–Trinajstić information content (AvgIpc) is 3.19. The van der Waals surface area contributed by atoms with Crippen LogP contribution in [0.15, 0.2) is 25.3 Å². The van der Waals surface area contributed by atoms with Crippen LogP contribution >= 0.6 is 0 Å². The van der Waals surface area contributed by atoms with Crippen LogP contribution in [-0.2, 0) is 75.9 Å². The fourth-order valence-corrected chi connectivity index (χ4v) is 8.61. The summed E-state index contributed by atoms with van der Waals surface area (Å²) in [5.74, 6) is -1.44. The Balaban J connectivity index is 1.34. The quantitative estimate of drug-likeness (QED) is 0.209. The molecule has 0 N–H and O–H groups in total. The number of rotatable bonds is 12. The number of fused-ring (bicyclic) bond motifs is 4. The summed E-state index contributed by atoms with van der Waals surface area (Å²) >= 11 is 0. The van der Waals surface area contributed by atoms with E-state index in [1.54, 1.807) is 54.8 Å². The van der Waals surface area contributed by atoms with E-state index < -0.39 is 97.8 Å². The highest BCUT2D eigenvalue weighted by molar-refractivity contribution is 5.71. The Morgan fingerprint density at radius 3 is 1.23 bits per heavy atom. The summed E-state index contributed by atoms with van der Waals surface area (Å²) in [5, 5.41) is 0. The second kappa shape index (κ2) is 21.3. The molecule has 4 bridgehead atoms. The van der Waals surface area contributed by atoms with Crippen molar-refractivity contribution < 1.29 is 75.9 Å². The smallest absolute Gasteiger partial charge is 0.309 e. The van der Waals surface area contributed by atoms with Gasteiger partial charge in [0.2, 0.25) is 0 Å². The van der Waals surface area contributed by atoms with Crippen LogP contribution < -0.4 is 0 Å². The fraction of sp³-hybridized carbons (Fsp3) is 0.850. The Kier molecular flexibility index (Phi) is 17.1. The van der Waals surface area contributed by atoms with Gasteiger partial charge in [0.15, 0.2) is 12.6 Å². The molecule has 16 nitrogen and oxygen atoms in total. The fourth-order valence-electron chi connectivity index (χ4n) is 8.61. The van der Waals surface area contributed by atoms with Gasteiger partial charge in [-0.1, -0.05) is 39.2 Å². The Bertz CT molecular complexity index is 1170. The van der Waals surface area contributed by atoms with Crippen molar-refractivity contribution in [3.63, 3.8) is 0 Å². The number of ether oxygens (including phenoxy) is 14. The Hall–Kier alpha value is -2.06. The highest BCUT2D eigenvalue weighted by Gasteiger charge is 2.49. The topological polar surface area (TPSA) is 163 Å². The van der Waals surface area contributed by atoms with E-state index in [4.69, 9.17) is 66.3 Å². The molecule has 5 saturated heterocycles. The van der Waals surface area contributed by atoms with Crippen molar-refractivity contribution in [3.8, 4) is 0 Å². The predicted molar refractivity (Wildman–Crippen MR) is 198 cm³/mol. The standard InChI is InChI=1S/C40H64O16/c1-11-23-13-25-15-27(55-39-37(47-9)35(45-7)31(43-5)19-49-39)21(3)30(51-25)18-34(42)54-24(12-2)14-26-16-28(22(4)29(52-26)17-33(41)53-23)56-40-38(48-10)36(46-8)32(44-6)20-50-40/h11-12,21-32,35-40H,1-2,13-20H2,3-10H3/t21-,22-,23-,24-,25-,26-,27+,28+,29+,30+,31-,32-,35+,36+,37-,38-,39+,40+/m1/s1. The molecule has 56 heavy (non-hydrogen) atoms. The third-order valence-corrected chi connectivity index (χ3v) is 12.0. The zero-order valence-corrected chi connectivity index (χ0v) is 34.2. The van der Waals surface area contributed by atoms with Gasteiger partial charge in [0.05, 0.1) is 62.7 Å². The molecule has 0 aromatic heterocycles. The Morgan fingerprint density at radius 2 is 0.911 bits per heavy atom. The SMILES string of the molecule is C=C[C@@H]1C[C@@H]2C[C@H](O[C@@H]3OC[C@@H](OC)[C@H](OC)[C@H]3OC)[C@@H](C)[C@H](CC(=O)O[C@H](C=C)C[C@@H]3C[C@H](O[C@@H]4OC[C@@H](OC)[C@H](OC)[C@H]4OC)[C@@H](C)[C@H](CC(=O)O1)O3)O2. The number of carbonyl (C=O) groups excluding carboxylic acids is 2. The molecule has 0 radical (unpaired) electrons. The van der Waals surface area contributed by atoms with Crippen LogP contribution in [0.4, 0.5) is 0 Å². The number of hydrogen-bond acceptors (Lipinski definition) is 16. The zero-order valence-electron chi connectivity index (χ0n) is 34.2. The number of carbonyl (C=O) groups is 2. The largest absolute Gasteiger partial charge is 0.458 e. The van der Waals surface area contributed by atoms with Crippen LogP contribution in [0.2, 0.25) is 0 Å². The molecule has 5 rings (SSSR count). The molecule has 5 heterocycles. The van der Waals surface area contributed by atoms with E-state index in [0.717, 1.165) is 0 Å². The molecule has 0 aromatic carbocycles. The van der Waals surface area contributed by atoms with Gasteiger partial charge in [0.1, 0.15) is 48.8 Å². The van der Waals surface area contributed by atoms with Crippen LogP contribution in [0, 0.1) is 11.8 Å². The lowest BCUT2D eigenvalue weighted by Gasteiger charge is -2.46. The van der Waals surface area contributed by atoms with Gasteiger partial charge in [0.25, 0.3) is 0 Å². The Labute approximate surface area is 330 Å². The molecule has 0 unspecified atom stereocenters. The van der Waals surface area contributed by atoms with Crippen LogP contribution in [0.1, 0.15) is 52.4 Å². The maximum atomic E-state index is 13.7. The lowest BCUT2D eigenvalue weighted by Crippen LogP contribution is -2.58. The van der Waals surface area contributed by atoms with Crippen molar-refractivity contribution >= 4 is 11.9 Å². The van der Waals surface area contributed by atoms with Crippen molar-refractivity contribution in [2.24, 2.45) is 11.8 Å². The van der Waals surface area contributed by atoms with E-state index >= 15 is 0 Å². The first-order valence-electron chi connectivity index (χ1n) is 19.7. The molecule has 18 atom stereocenters. The van der Waals surface area contributed by atoms with Gasteiger partial charge in [0, 0.05) is 80.2 Å². The second-order valence-corrected chi connectivity index (χ2v) is 15.3. The minimum atomic E-state index is -0.769. The maximum absolute atomic E-state index is 13.7. The molecule has 5 fully saturated rings. The maximum Gasteiger partial charge on any atom is 0.309 e. The molecule has 0 spiro atoms. The summed E-state index contributed by atoms with van der Waals surface area (Å²) in [4.78, 5) is 27.3. The van der Waals surface area contributed by atoms with Gasteiger partial charge in [-0.05, 0) is 0 Å². The molecule has 5 aliphatic rings. The predicted octanol–water partition coefficient (Wildman–Crippen LogP) is 2.92. The summed E-state index contributed by atoms with van der Waals surface area (Å²) in [6.07, 6.45) is -4.08.